The maximum Gasteiger partial charge on any atom is 0.195 e. The van der Waals surface area contributed by atoms with E-state index in [4.69, 9.17) is 14.9 Å². The van der Waals surface area contributed by atoms with Crippen LogP contribution in [0.25, 0.3) is 0 Å². The van der Waals surface area contributed by atoms with Crippen molar-refractivity contribution in [2.45, 2.75) is 13.0 Å². The molecule has 78 valence electrons. The fourth-order valence-electron chi connectivity index (χ4n) is 1.61. The highest BCUT2D eigenvalue weighted by Gasteiger charge is 2.12. The van der Waals surface area contributed by atoms with Gasteiger partial charge in [-0.15, -0.1) is 0 Å². The Bertz CT molecular complexity index is 277. The number of nitrogens with two attached hydrogens (primary N) is 1. The fraction of sp³-hybridized carbons (Fsp3) is 0.600. The third-order valence-electron chi connectivity index (χ3n) is 2.38. The van der Waals surface area contributed by atoms with Crippen LogP contribution in [-0.4, -0.2) is 26.3 Å². The zero-order valence-electron chi connectivity index (χ0n) is 8.24. The molecule has 0 aliphatic carbocycles. The van der Waals surface area contributed by atoms with Crippen LogP contribution in [0.15, 0.2) is 16.5 Å². The molecule has 0 radical (unpaired) electrons. The highest BCUT2D eigenvalue weighted by molar-refractivity contribution is 5.36. The summed E-state index contributed by atoms with van der Waals surface area (Å²) in [6, 6.07) is 3.91. The van der Waals surface area contributed by atoms with Crippen molar-refractivity contribution in [3.05, 3.63) is 17.9 Å². The van der Waals surface area contributed by atoms with Gasteiger partial charge in [0.05, 0.1) is 13.2 Å². The minimum absolute atomic E-state index is 0.463. The summed E-state index contributed by atoms with van der Waals surface area (Å²) in [4.78, 5) is 2.20. The van der Waals surface area contributed by atoms with Crippen molar-refractivity contribution >= 4 is 5.88 Å². The van der Waals surface area contributed by atoms with Crippen molar-refractivity contribution < 1.29 is 9.15 Å². The van der Waals surface area contributed by atoms with E-state index in [0.29, 0.717) is 6.54 Å². The number of furan rings is 1. The first-order valence-electron chi connectivity index (χ1n) is 5.01. The first kappa shape index (κ1) is 9.55. The molecule has 4 nitrogen and oxygen atoms in total. The molecule has 1 saturated heterocycles. The van der Waals surface area contributed by atoms with Crippen LogP contribution in [0.4, 0.5) is 5.88 Å². The van der Waals surface area contributed by atoms with Crippen LogP contribution in [0, 0.1) is 0 Å². The molecule has 2 heterocycles. The Kier molecular flexibility index (Phi) is 3.06. The van der Waals surface area contributed by atoms with Gasteiger partial charge in [-0.1, -0.05) is 0 Å². The van der Waals surface area contributed by atoms with Gasteiger partial charge in [-0.05, 0) is 12.5 Å². The lowest BCUT2D eigenvalue weighted by Crippen LogP contribution is -2.25. The third-order valence-corrected chi connectivity index (χ3v) is 2.38. The van der Waals surface area contributed by atoms with Gasteiger partial charge in [-0.3, -0.25) is 0 Å². The predicted octanol–water partition coefficient (Wildman–Crippen LogP) is 0.965. The second-order valence-corrected chi connectivity index (χ2v) is 3.40. The number of hydrogen-bond donors (Lipinski definition) is 1. The van der Waals surface area contributed by atoms with Gasteiger partial charge in [0.25, 0.3) is 0 Å². The van der Waals surface area contributed by atoms with Gasteiger partial charge < -0.3 is 19.8 Å². The molecule has 1 aliphatic rings. The summed E-state index contributed by atoms with van der Waals surface area (Å²) in [7, 11) is 0. The van der Waals surface area contributed by atoms with Crippen molar-refractivity contribution in [1.82, 2.24) is 0 Å². The Balaban J connectivity index is 2.04. The largest absolute Gasteiger partial charge is 0.444 e. The van der Waals surface area contributed by atoms with Crippen molar-refractivity contribution in [3.63, 3.8) is 0 Å². The van der Waals surface area contributed by atoms with Gasteiger partial charge in [0, 0.05) is 25.8 Å². The molecule has 4 heteroatoms. The lowest BCUT2D eigenvalue weighted by atomic mass is 10.4. The molecule has 0 atom stereocenters. The van der Waals surface area contributed by atoms with Gasteiger partial charge in [0.15, 0.2) is 5.88 Å². The molecule has 2 N–H and O–H groups in total. The molecular formula is C10H16N2O2. The van der Waals surface area contributed by atoms with Gasteiger partial charge >= 0.3 is 0 Å². The molecule has 14 heavy (non-hydrogen) atoms. The van der Waals surface area contributed by atoms with E-state index in [1.807, 2.05) is 12.1 Å². The van der Waals surface area contributed by atoms with E-state index in [1.165, 1.54) is 0 Å². The van der Waals surface area contributed by atoms with Crippen LogP contribution in [0.5, 0.6) is 0 Å². The Morgan fingerprint density at radius 2 is 2.21 bits per heavy atom. The number of ether oxygens (including phenoxy) is 1. The zero-order valence-corrected chi connectivity index (χ0v) is 8.24. The minimum atomic E-state index is 0.463. The van der Waals surface area contributed by atoms with Crippen LogP contribution in [0.3, 0.4) is 0 Å². The van der Waals surface area contributed by atoms with E-state index in [-0.39, 0.29) is 0 Å². The molecule has 0 amide bonds. The molecular weight excluding hydrogens is 180 g/mol. The van der Waals surface area contributed by atoms with Crippen LogP contribution in [0.1, 0.15) is 12.2 Å². The Labute approximate surface area is 83.6 Å². The second kappa shape index (κ2) is 4.48. The van der Waals surface area contributed by atoms with Crippen LogP contribution < -0.4 is 10.6 Å². The summed E-state index contributed by atoms with van der Waals surface area (Å²) in [6.45, 7) is 3.99. The average molecular weight is 196 g/mol. The first-order valence-corrected chi connectivity index (χ1v) is 5.01. The SMILES string of the molecule is NCc1ccc(N2CCCOCC2)o1. The van der Waals surface area contributed by atoms with Gasteiger partial charge in [0.2, 0.25) is 0 Å². The van der Waals surface area contributed by atoms with E-state index in [1.54, 1.807) is 0 Å². The smallest absolute Gasteiger partial charge is 0.195 e. The minimum Gasteiger partial charge on any atom is -0.444 e. The van der Waals surface area contributed by atoms with E-state index in [2.05, 4.69) is 4.90 Å². The summed E-state index contributed by atoms with van der Waals surface area (Å²) in [5.41, 5.74) is 5.49. The summed E-state index contributed by atoms with van der Waals surface area (Å²) >= 11 is 0. The van der Waals surface area contributed by atoms with Gasteiger partial charge in [-0.2, -0.15) is 0 Å². The number of hydrogen-bond acceptors (Lipinski definition) is 4. The van der Waals surface area contributed by atoms with Crippen LogP contribution in [-0.2, 0) is 11.3 Å². The topological polar surface area (TPSA) is 51.6 Å². The summed E-state index contributed by atoms with van der Waals surface area (Å²) < 4.78 is 10.9. The molecule has 0 spiro atoms. The average Bonchev–Trinajstić information content (AvgIpc) is 2.53. The maximum atomic E-state index is 5.57. The van der Waals surface area contributed by atoms with Gasteiger partial charge in [0.1, 0.15) is 5.76 Å². The van der Waals surface area contributed by atoms with Crippen molar-refractivity contribution in [3.8, 4) is 0 Å². The zero-order chi connectivity index (χ0) is 9.80. The Morgan fingerprint density at radius 3 is 3.00 bits per heavy atom. The molecule has 0 unspecified atom stereocenters. The molecule has 1 aromatic rings. The number of anilines is 1. The number of nitrogens with zero attached hydrogens (tertiary/aromatic N) is 1. The number of rotatable bonds is 2. The monoisotopic (exact) mass is 196 g/mol. The lowest BCUT2D eigenvalue weighted by Gasteiger charge is -2.17. The molecule has 0 bridgehead atoms. The molecule has 1 fully saturated rings. The summed E-state index contributed by atoms with van der Waals surface area (Å²) in [5, 5.41) is 0. The lowest BCUT2D eigenvalue weighted by molar-refractivity contribution is 0.152. The van der Waals surface area contributed by atoms with Crippen molar-refractivity contribution in [2.75, 3.05) is 31.2 Å². The van der Waals surface area contributed by atoms with Crippen molar-refractivity contribution in [2.24, 2.45) is 5.73 Å². The normalized spacial score (nSPS) is 18.2. The molecule has 2 rings (SSSR count). The quantitative estimate of drug-likeness (QED) is 0.765. The fourth-order valence-corrected chi connectivity index (χ4v) is 1.61. The molecule has 1 aliphatic heterocycles. The Hall–Kier alpha value is -1.00. The second-order valence-electron chi connectivity index (χ2n) is 3.40. The predicted molar refractivity (Wildman–Crippen MR) is 54.2 cm³/mol. The summed E-state index contributed by atoms with van der Waals surface area (Å²) in [6.07, 6.45) is 1.05. The first-order chi connectivity index (χ1) is 6.90. The van der Waals surface area contributed by atoms with Crippen LogP contribution >= 0.6 is 0 Å². The van der Waals surface area contributed by atoms with E-state index < -0.39 is 0 Å². The third kappa shape index (κ3) is 2.08. The highest BCUT2D eigenvalue weighted by Crippen LogP contribution is 2.19. The molecule has 1 aromatic heterocycles. The molecule has 0 saturated carbocycles. The standard InChI is InChI=1S/C10H16N2O2/c11-8-9-2-3-10(14-9)12-4-1-6-13-7-5-12/h2-3H,1,4-8,11H2. The maximum absolute atomic E-state index is 5.57. The van der Waals surface area contributed by atoms with E-state index in [9.17, 15) is 0 Å². The Morgan fingerprint density at radius 1 is 1.29 bits per heavy atom. The van der Waals surface area contributed by atoms with Crippen molar-refractivity contribution in [1.29, 1.82) is 0 Å². The summed E-state index contributed by atoms with van der Waals surface area (Å²) in [5.74, 6) is 1.75. The van der Waals surface area contributed by atoms with Crippen LogP contribution in [0.2, 0.25) is 0 Å². The van der Waals surface area contributed by atoms with E-state index in [0.717, 1.165) is 44.4 Å². The van der Waals surface area contributed by atoms with Gasteiger partial charge in [-0.25, -0.2) is 0 Å². The highest BCUT2D eigenvalue weighted by atomic mass is 16.5. The van der Waals surface area contributed by atoms with E-state index >= 15 is 0 Å². The molecule has 0 aromatic carbocycles.